The number of rotatable bonds is 6. The van der Waals surface area contributed by atoms with Crippen molar-refractivity contribution in [3.05, 3.63) is 35.4 Å². The van der Waals surface area contributed by atoms with Crippen LogP contribution in [0.3, 0.4) is 0 Å². The minimum absolute atomic E-state index is 0.398. The first kappa shape index (κ1) is 14.6. The molecule has 106 valence electrons. The minimum atomic E-state index is 0.398. The Hall–Kier alpha value is -0.820. The van der Waals surface area contributed by atoms with Crippen LogP contribution in [0.2, 0.25) is 0 Å². The summed E-state index contributed by atoms with van der Waals surface area (Å²) < 4.78 is 0. The zero-order valence-electron chi connectivity index (χ0n) is 13.0. The Morgan fingerprint density at radius 1 is 1.26 bits per heavy atom. The first-order valence-electron chi connectivity index (χ1n) is 7.87. The lowest BCUT2D eigenvalue weighted by atomic mass is 9.57. The van der Waals surface area contributed by atoms with Crippen LogP contribution in [0.15, 0.2) is 24.3 Å². The van der Waals surface area contributed by atoms with E-state index in [-0.39, 0.29) is 0 Å². The van der Waals surface area contributed by atoms with Gasteiger partial charge >= 0.3 is 0 Å². The van der Waals surface area contributed by atoms with Crippen molar-refractivity contribution >= 4 is 0 Å². The number of nitrogens with one attached hydrogen (secondary N) is 1. The second-order valence-corrected chi connectivity index (χ2v) is 6.69. The highest BCUT2D eigenvalue weighted by molar-refractivity contribution is 5.36. The first-order chi connectivity index (χ1) is 9.07. The quantitative estimate of drug-likeness (QED) is 0.796. The summed E-state index contributed by atoms with van der Waals surface area (Å²) in [7, 11) is 0. The summed E-state index contributed by atoms with van der Waals surface area (Å²) in [5.41, 5.74) is 3.44. The van der Waals surface area contributed by atoms with Crippen molar-refractivity contribution in [1.82, 2.24) is 5.32 Å². The normalized spacial score (nSPS) is 26.5. The van der Waals surface area contributed by atoms with Gasteiger partial charge in [-0.15, -0.1) is 0 Å². The van der Waals surface area contributed by atoms with Gasteiger partial charge in [0, 0.05) is 18.0 Å². The van der Waals surface area contributed by atoms with E-state index in [0.717, 1.165) is 12.5 Å². The number of benzene rings is 1. The van der Waals surface area contributed by atoms with Crippen LogP contribution < -0.4 is 5.32 Å². The van der Waals surface area contributed by atoms with Gasteiger partial charge in [-0.25, -0.2) is 0 Å². The van der Waals surface area contributed by atoms with Gasteiger partial charge in [0.25, 0.3) is 0 Å². The van der Waals surface area contributed by atoms with Crippen LogP contribution in [0.25, 0.3) is 0 Å². The van der Waals surface area contributed by atoms with Gasteiger partial charge in [-0.3, -0.25) is 0 Å². The maximum Gasteiger partial charge on any atom is 0.00857 e. The van der Waals surface area contributed by atoms with Crippen molar-refractivity contribution in [3.63, 3.8) is 0 Å². The van der Waals surface area contributed by atoms with Crippen LogP contribution in [0.5, 0.6) is 0 Å². The third-order valence-corrected chi connectivity index (χ3v) is 4.62. The fourth-order valence-electron chi connectivity index (χ4n) is 3.68. The molecule has 0 saturated heterocycles. The molecule has 1 aromatic rings. The third kappa shape index (κ3) is 3.20. The topological polar surface area (TPSA) is 12.0 Å². The molecular weight excluding hydrogens is 230 g/mol. The highest BCUT2D eigenvalue weighted by Crippen LogP contribution is 2.50. The van der Waals surface area contributed by atoms with E-state index in [1.807, 2.05) is 0 Å². The number of hydrogen-bond donors (Lipinski definition) is 1. The van der Waals surface area contributed by atoms with E-state index >= 15 is 0 Å². The highest BCUT2D eigenvalue weighted by atomic mass is 14.9. The fraction of sp³-hybridized carbons (Fsp3) is 0.667. The molecule has 1 fully saturated rings. The number of hydrogen-bond acceptors (Lipinski definition) is 1. The molecule has 0 heterocycles. The second-order valence-electron chi connectivity index (χ2n) is 6.69. The Morgan fingerprint density at radius 2 is 1.95 bits per heavy atom. The number of aryl methyl sites for hydroxylation is 1. The van der Waals surface area contributed by atoms with Crippen LogP contribution in [0.1, 0.15) is 57.6 Å². The van der Waals surface area contributed by atoms with Gasteiger partial charge in [-0.05, 0) is 36.8 Å². The van der Waals surface area contributed by atoms with E-state index < -0.39 is 0 Å². The summed E-state index contributed by atoms with van der Waals surface area (Å²) in [5.74, 6) is 0.943. The molecule has 0 spiro atoms. The summed E-state index contributed by atoms with van der Waals surface area (Å²) in [6.45, 7) is 10.2. The van der Waals surface area contributed by atoms with E-state index in [9.17, 15) is 0 Å². The summed E-state index contributed by atoms with van der Waals surface area (Å²) >= 11 is 0. The summed E-state index contributed by atoms with van der Waals surface area (Å²) in [4.78, 5) is 0. The van der Waals surface area contributed by atoms with Crippen LogP contribution in [-0.4, -0.2) is 12.6 Å². The second kappa shape index (κ2) is 6.09. The maximum absolute atomic E-state index is 3.68. The predicted octanol–water partition coefficient (Wildman–Crippen LogP) is 4.44. The molecule has 0 radical (unpaired) electrons. The molecule has 1 saturated carbocycles. The molecule has 19 heavy (non-hydrogen) atoms. The lowest BCUT2D eigenvalue weighted by Crippen LogP contribution is -2.50. The molecule has 1 heteroatoms. The molecule has 0 aromatic heterocycles. The van der Waals surface area contributed by atoms with Gasteiger partial charge in [-0.1, -0.05) is 57.9 Å². The van der Waals surface area contributed by atoms with Crippen molar-refractivity contribution in [1.29, 1.82) is 0 Å². The Balaban J connectivity index is 2.14. The average Bonchev–Trinajstić information content (AvgIpc) is 2.33. The van der Waals surface area contributed by atoms with Crippen molar-refractivity contribution in [2.24, 2.45) is 5.92 Å². The molecule has 1 aliphatic carbocycles. The van der Waals surface area contributed by atoms with E-state index in [4.69, 9.17) is 0 Å². The zero-order valence-corrected chi connectivity index (χ0v) is 13.0. The van der Waals surface area contributed by atoms with Gasteiger partial charge in [0.15, 0.2) is 0 Å². The van der Waals surface area contributed by atoms with Gasteiger partial charge in [0.1, 0.15) is 0 Å². The van der Waals surface area contributed by atoms with Gasteiger partial charge in [-0.2, -0.15) is 0 Å². The SMILES string of the molecule is CCCC1CC(CNC(C)C)(c2ccccc2C)C1. The first-order valence-corrected chi connectivity index (χ1v) is 7.87. The molecule has 0 unspecified atom stereocenters. The highest BCUT2D eigenvalue weighted by Gasteiger charge is 2.45. The van der Waals surface area contributed by atoms with E-state index in [2.05, 4.69) is 57.3 Å². The monoisotopic (exact) mass is 259 g/mol. The lowest BCUT2D eigenvalue weighted by Gasteiger charge is -2.50. The molecule has 2 rings (SSSR count). The van der Waals surface area contributed by atoms with Crippen molar-refractivity contribution in [2.75, 3.05) is 6.54 Å². The van der Waals surface area contributed by atoms with Crippen molar-refractivity contribution in [2.45, 2.75) is 64.8 Å². The molecule has 0 bridgehead atoms. The largest absolute Gasteiger partial charge is 0.314 e. The lowest BCUT2D eigenvalue weighted by molar-refractivity contribution is 0.125. The average molecular weight is 259 g/mol. The summed E-state index contributed by atoms with van der Waals surface area (Å²) in [6, 6.07) is 9.54. The van der Waals surface area contributed by atoms with Crippen molar-refractivity contribution in [3.8, 4) is 0 Å². The van der Waals surface area contributed by atoms with E-state index in [1.165, 1.54) is 31.2 Å². The van der Waals surface area contributed by atoms with Gasteiger partial charge < -0.3 is 5.32 Å². The summed E-state index contributed by atoms with van der Waals surface area (Å²) in [6.07, 6.45) is 5.46. The Labute approximate surface area is 118 Å². The van der Waals surface area contributed by atoms with Gasteiger partial charge in [0.2, 0.25) is 0 Å². The van der Waals surface area contributed by atoms with E-state index in [0.29, 0.717) is 11.5 Å². The smallest absolute Gasteiger partial charge is 0.00857 e. The van der Waals surface area contributed by atoms with E-state index in [1.54, 1.807) is 5.56 Å². The molecule has 1 aliphatic rings. The molecule has 1 aromatic carbocycles. The van der Waals surface area contributed by atoms with Crippen LogP contribution in [-0.2, 0) is 5.41 Å². The summed E-state index contributed by atoms with van der Waals surface area (Å²) in [5, 5.41) is 3.68. The molecule has 0 amide bonds. The van der Waals surface area contributed by atoms with Crippen LogP contribution >= 0.6 is 0 Å². The van der Waals surface area contributed by atoms with Gasteiger partial charge in [0.05, 0.1) is 0 Å². The molecular formula is C18H29N. The van der Waals surface area contributed by atoms with Crippen molar-refractivity contribution < 1.29 is 0 Å². The maximum atomic E-state index is 3.68. The molecule has 0 atom stereocenters. The Kier molecular flexibility index (Phi) is 4.67. The zero-order chi connectivity index (χ0) is 13.9. The van der Waals surface area contributed by atoms with Crippen LogP contribution in [0, 0.1) is 12.8 Å². The third-order valence-electron chi connectivity index (χ3n) is 4.62. The van der Waals surface area contributed by atoms with Crippen LogP contribution in [0.4, 0.5) is 0 Å². The Bertz CT molecular complexity index is 402. The fourth-order valence-corrected chi connectivity index (χ4v) is 3.68. The standard InChI is InChI=1S/C18H29N/c1-5-8-16-11-18(12-16,13-19-14(2)3)17-10-7-6-9-15(17)4/h6-7,9-10,14,16,19H,5,8,11-13H2,1-4H3. The Morgan fingerprint density at radius 3 is 2.53 bits per heavy atom. The molecule has 1 N–H and O–H groups in total. The molecule has 0 aliphatic heterocycles. The molecule has 1 nitrogen and oxygen atoms in total. The minimum Gasteiger partial charge on any atom is -0.314 e. The predicted molar refractivity (Wildman–Crippen MR) is 83.6 cm³/mol.